The maximum Gasteiger partial charge on any atom is 0.508 e. The molecule has 0 bridgehead atoms. The fourth-order valence-electron chi connectivity index (χ4n) is 5.19. The lowest BCUT2D eigenvalue weighted by Gasteiger charge is -2.37. The Kier molecular flexibility index (Phi) is 18.6. The van der Waals surface area contributed by atoms with Gasteiger partial charge in [-0.2, -0.15) is 0 Å². The molecule has 11 nitrogen and oxygen atoms in total. The van der Waals surface area contributed by atoms with E-state index in [4.69, 9.17) is 59.3 Å². The van der Waals surface area contributed by atoms with E-state index in [1.54, 1.807) is 52.9 Å². The molecule has 0 saturated carbocycles. The van der Waals surface area contributed by atoms with E-state index in [0.29, 0.717) is 12.8 Å². The summed E-state index contributed by atoms with van der Waals surface area (Å²) in [7, 11) is 1.42. The fraction of sp³-hybridized carbons (Fsp3) is 0.657. The lowest BCUT2D eigenvalue weighted by atomic mass is 9.73. The second-order valence-electron chi connectivity index (χ2n) is 13.8. The van der Waals surface area contributed by atoms with E-state index in [1.165, 1.54) is 7.11 Å². The number of ether oxygens (including phenoxy) is 4. The van der Waals surface area contributed by atoms with E-state index < -0.39 is 51.7 Å². The number of rotatable bonds is 18. The van der Waals surface area contributed by atoms with Crippen LogP contribution in [0.25, 0.3) is 16.5 Å². The van der Waals surface area contributed by atoms with Crippen molar-refractivity contribution in [1.29, 1.82) is 0 Å². The highest BCUT2D eigenvalue weighted by molar-refractivity contribution is 7.09. The van der Waals surface area contributed by atoms with Crippen LogP contribution in [0.1, 0.15) is 92.3 Å². The van der Waals surface area contributed by atoms with E-state index in [-0.39, 0.29) is 24.2 Å². The number of thiazole rings is 1. The predicted molar refractivity (Wildman–Crippen MR) is 200 cm³/mol. The van der Waals surface area contributed by atoms with E-state index in [0.717, 1.165) is 21.8 Å². The summed E-state index contributed by atoms with van der Waals surface area (Å²) in [5, 5.41) is 6.86. The first-order valence-electron chi connectivity index (χ1n) is 16.2. The Bertz CT molecular complexity index is 1440. The van der Waals surface area contributed by atoms with Crippen molar-refractivity contribution in [2.75, 3.05) is 13.7 Å². The molecular weight excluding hydrogens is 727 g/mol. The molecule has 0 radical (unpaired) electrons. The van der Waals surface area contributed by atoms with Crippen LogP contribution in [0, 0.1) is 24.2 Å². The topological polar surface area (TPSA) is 150 Å². The van der Waals surface area contributed by atoms with Gasteiger partial charge in [0.15, 0.2) is 0 Å². The number of Topliss-reactive ketones (excluding diaryl/α,β-unsaturated/α-hetero) is 1. The number of allylic oxidation sites excluding steroid dienone is 3. The zero-order valence-electron chi connectivity index (χ0n) is 30.8. The van der Waals surface area contributed by atoms with Gasteiger partial charge in [0.25, 0.3) is 0 Å². The Morgan fingerprint density at radius 1 is 1.10 bits per heavy atom. The zero-order valence-corrected chi connectivity index (χ0v) is 33.9. The molecule has 0 aliphatic heterocycles. The first kappa shape index (κ1) is 45.4. The standard InChI is InChI=1S/C35H51Cl3N4O7S/c1-21(15-16-27(41-42-39)23(3)17-26-19-50-25(5)40-26)13-12-14-22(2)30(48-32(45)47-20-35(36,37)38)24(4)31(44)34(9,10)28(46-11)18-29(43)49-33(6,7)8/h12-13,15,17,19,22,24,27-28,30H,14,16,18,20H2,1-11H3/b13-12+,21-15-,23-17+/t22-,24+,27-,28?,30?/m0/s1. The molecule has 1 heterocycles. The highest BCUT2D eigenvalue weighted by Gasteiger charge is 2.45. The Balaban J connectivity index is 3.19. The van der Waals surface area contributed by atoms with Crippen LogP contribution in [-0.2, 0) is 28.5 Å². The molecule has 50 heavy (non-hydrogen) atoms. The first-order chi connectivity index (χ1) is 23.0. The molecule has 0 fully saturated rings. The van der Waals surface area contributed by atoms with Crippen LogP contribution >= 0.6 is 46.1 Å². The maximum atomic E-state index is 14.0. The van der Waals surface area contributed by atoms with Crippen LogP contribution in [0.15, 0.2) is 39.9 Å². The van der Waals surface area contributed by atoms with Gasteiger partial charge in [-0.3, -0.25) is 9.59 Å². The summed E-state index contributed by atoms with van der Waals surface area (Å²) in [6, 6.07) is -0.387. The second-order valence-corrected chi connectivity index (χ2v) is 17.4. The molecule has 1 aromatic rings. The SMILES string of the molecule is COC(CC(=O)OC(C)(C)C)C(C)(C)C(=O)[C@H](C)C(OC(=O)OCC(Cl)(Cl)Cl)[C@@H](C)C/C=C/C(C)=C\C[C@H](N=[N+]=[N-])/C(C)=C/c1csc(C)n1. The van der Waals surface area contributed by atoms with Crippen molar-refractivity contribution in [3.63, 3.8) is 0 Å². The lowest BCUT2D eigenvalue weighted by molar-refractivity contribution is -0.161. The number of hydrogen-bond acceptors (Lipinski definition) is 10. The highest BCUT2D eigenvalue weighted by Crippen LogP contribution is 2.35. The largest absolute Gasteiger partial charge is 0.508 e. The molecule has 2 unspecified atom stereocenters. The number of azide groups is 1. The lowest BCUT2D eigenvalue weighted by Crippen LogP contribution is -2.47. The van der Waals surface area contributed by atoms with Gasteiger partial charge in [-0.25, -0.2) is 9.78 Å². The Hall–Kier alpha value is -2.60. The third kappa shape index (κ3) is 16.6. The first-order valence-corrected chi connectivity index (χ1v) is 18.2. The van der Waals surface area contributed by atoms with Gasteiger partial charge in [0.2, 0.25) is 3.79 Å². The van der Waals surface area contributed by atoms with Crippen LogP contribution in [0.5, 0.6) is 0 Å². The van der Waals surface area contributed by atoms with Crippen LogP contribution in [0.2, 0.25) is 0 Å². The molecule has 0 amide bonds. The van der Waals surface area contributed by atoms with Crippen molar-refractivity contribution in [2.24, 2.45) is 22.4 Å². The average molecular weight is 778 g/mol. The van der Waals surface area contributed by atoms with Crippen LogP contribution in [0.3, 0.4) is 0 Å². The number of hydrogen-bond donors (Lipinski definition) is 0. The van der Waals surface area contributed by atoms with Crippen molar-refractivity contribution < 1.29 is 33.3 Å². The molecule has 1 aromatic heterocycles. The summed E-state index contributed by atoms with van der Waals surface area (Å²) in [6.07, 6.45) is 5.58. The van der Waals surface area contributed by atoms with Crippen molar-refractivity contribution in [3.8, 4) is 0 Å². The van der Waals surface area contributed by atoms with E-state index in [9.17, 15) is 14.4 Å². The second kappa shape index (κ2) is 20.4. The number of carbonyl (C=O) groups excluding carboxylic acids is 3. The van der Waals surface area contributed by atoms with E-state index in [2.05, 4.69) is 15.0 Å². The number of aryl methyl sites for hydroxylation is 1. The summed E-state index contributed by atoms with van der Waals surface area (Å²) in [6.45, 7) is 17.3. The molecule has 0 saturated heterocycles. The zero-order chi connectivity index (χ0) is 38.4. The van der Waals surface area contributed by atoms with Crippen molar-refractivity contribution >= 4 is 70.1 Å². The van der Waals surface area contributed by atoms with Crippen LogP contribution in [0.4, 0.5) is 4.79 Å². The molecule has 0 spiro atoms. The highest BCUT2D eigenvalue weighted by atomic mass is 35.6. The number of aromatic nitrogens is 1. The molecule has 0 aromatic carbocycles. The monoisotopic (exact) mass is 776 g/mol. The molecular formula is C35H51Cl3N4O7S. The van der Waals surface area contributed by atoms with Crippen LogP contribution in [-0.4, -0.2) is 64.3 Å². The number of esters is 1. The van der Waals surface area contributed by atoms with E-state index in [1.807, 2.05) is 57.4 Å². The van der Waals surface area contributed by atoms with Gasteiger partial charge < -0.3 is 18.9 Å². The number of alkyl halides is 3. The Morgan fingerprint density at radius 3 is 2.26 bits per heavy atom. The Morgan fingerprint density at radius 2 is 1.74 bits per heavy atom. The molecule has 15 heteroatoms. The minimum atomic E-state index is -1.85. The minimum absolute atomic E-state index is 0.152. The molecule has 0 aliphatic rings. The fourth-order valence-corrected chi connectivity index (χ4v) is 5.92. The van der Waals surface area contributed by atoms with Gasteiger partial charge in [0.1, 0.15) is 24.1 Å². The van der Waals surface area contributed by atoms with Gasteiger partial charge in [0.05, 0.1) is 40.6 Å². The molecule has 0 N–H and O–H groups in total. The van der Waals surface area contributed by atoms with Crippen molar-refractivity contribution in [2.45, 2.75) is 116 Å². The third-order valence-electron chi connectivity index (χ3n) is 7.83. The number of carbonyl (C=O) groups is 3. The summed E-state index contributed by atoms with van der Waals surface area (Å²) in [5.41, 5.74) is 9.89. The number of halogens is 3. The summed E-state index contributed by atoms with van der Waals surface area (Å²) < 4.78 is 19.9. The summed E-state index contributed by atoms with van der Waals surface area (Å²) >= 11 is 18.8. The van der Waals surface area contributed by atoms with Gasteiger partial charge in [0, 0.05) is 17.4 Å². The van der Waals surface area contributed by atoms with Crippen molar-refractivity contribution in [3.05, 3.63) is 55.9 Å². The Labute approximate surface area is 315 Å². The normalized spacial score (nSPS) is 16.2. The number of nitrogens with zero attached hydrogens (tertiary/aromatic N) is 4. The number of ketones is 1. The summed E-state index contributed by atoms with van der Waals surface area (Å²) in [4.78, 5) is 46.9. The molecule has 0 aliphatic carbocycles. The van der Waals surface area contributed by atoms with Crippen molar-refractivity contribution in [1.82, 2.24) is 4.98 Å². The van der Waals surface area contributed by atoms with Crippen LogP contribution < -0.4 is 0 Å². The number of methoxy groups -OCH3 is 1. The third-order valence-corrected chi connectivity index (χ3v) is 8.95. The maximum absolute atomic E-state index is 14.0. The van der Waals surface area contributed by atoms with Gasteiger partial charge in [-0.15, -0.1) is 11.3 Å². The van der Waals surface area contributed by atoms with Gasteiger partial charge in [-0.05, 0) is 71.9 Å². The van der Waals surface area contributed by atoms with E-state index >= 15 is 0 Å². The minimum Gasteiger partial charge on any atom is -0.460 e. The van der Waals surface area contributed by atoms with Gasteiger partial charge in [-0.1, -0.05) is 97.0 Å². The smallest absolute Gasteiger partial charge is 0.460 e. The predicted octanol–water partition coefficient (Wildman–Crippen LogP) is 10.3. The average Bonchev–Trinajstić information content (AvgIpc) is 3.41. The molecule has 280 valence electrons. The van der Waals surface area contributed by atoms with Gasteiger partial charge >= 0.3 is 12.1 Å². The quantitative estimate of drug-likeness (QED) is 0.0357. The summed E-state index contributed by atoms with van der Waals surface area (Å²) in [5.74, 6) is -2.01. The molecule has 1 rings (SSSR count). The molecule has 5 atom stereocenters.